The zero-order valence-corrected chi connectivity index (χ0v) is 11.9. The van der Waals surface area contributed by atoms with Crippen LogP contribution < -0.4 is 0 Å². The Kier molecular flexibility index (Phi) is 3.97. The van der Waals surface area contributed by atoms with Gasteiger partial charge in [-0.2, -0.15) is 0 Å². The second kappa shape index (κ2) is 5.35. The Balaban J connectivity index is 1.95. The van der Waals surface area contributed by atoms with E-state index in [-0.39, 0.29) is 11.8 Å². The smallest absolute Gasteiger partial charge is 0.246 e. The van der Waals surface area contributed by atoms with Crippen molar-refractivity contribution in [3.8, 4) is 0 Å². The highest BCUT2D eigenvalue weighted by Crippen LogP contribution is 2.28. The Morgan fingerprint density at radius 2 is 2.05 bits per heavy atom. The lowest BCUT2D eigenvalue weighted by molar-refractivity contribution is -0.158. The third-order valence-corrected chi connectivity index (χ3v) is 3.97. The Morgan fingerprint density at radius 3 is 2.63 bits per heavy atom. The maximum atomic E-state index is 11.9. The van der Waals surface area contributed by atoms with E-state index in [9.17, 15) is 9.90 Å². The van der Waals surface area contributed by atoms with E-state index in [1.165, 1.54) is 6.08 Å². The summed E-state index contributed by atoms with van der Waals surface area (Å²) in [5.41, 5.74) is 0.0885. The van der Waals surface area contributed by atoms with Gasteiger partial charge in [0.05, 0.1) is 13.1 Å². The fraction of sp³-hybridized carbons (Fsp3) is 0.400. The molecule has 102 valence electrons. The Bertz CT molecular complexity index is 505. The van der Waals surface area contributed by atoms with Crippen molar-refractivity contribution in [1.29, 1.82) is 0 Å². The SMILES string of the molecule is CC(C)C1(O)CN(C(=O)C=Cc2ccccc2Cl)C1. The number of β-amino-alcohol motifs (C(OH)–C–C–N with tert-alkyl or cyclic N) is 1. The van der Waals surface area contributed by atoms with Crippen LogP contribution in [0.25, 0.3) is 6.08 Å². The van der Waals surface area contributed by atoms with Gasteiger partial charge in [-0.1, -0.05) is 43.6 Å². The molecular weight excluding hydrogens is 262 g/mol. The van der Waals surface area contributed by atoms with Crippen molar-refractivity contribution >= 4 is 23.6 Å². The van der Waals surface area contributed by atoms with Crippen LogP contribution in [0.2, 0.25) is 5.02 Å². The molecule has 1 fully saturated rings. The number of halogens is 1. The van der Waals surface area contributed by atoms with Gasteiger partial charge in [-0.3, -0.25) is 4.79 Å². The molecule has 1 saturated heterocycles. The third-order valence-electron chi connectivity index (χ3n) is 3.63. The van der Waals surface area contributed by atoms with Crippen molar-refractivity contribution in [2.24, 2.45) is 5.92 Å². The molecule has 0 saturated carbocycles. The summed E-state index contributed by atoms with van der Waals surface area (Å²) in [4.78, 5) is 13.5. The Hall–Kier alpha value is -1.32. The minimum atomic E-state index is -0.728. The zero-order chi connectivity index (χ0) is 14.0. The molecule has 0 aliphatic carbocycles. The predicted octanol–water partition coefficient (Wildman–Crippen LogP) is 2.58. The third kappa shape index (κ3) is 2.99. The number of aliphatic hydroxyl groups is 1. The monoisotopic (exact) mass is 279 g/mol. The number of carbonyl (C=O) groups is 1. The summed E-state index contributed by atoms with van der Waals surface area (Å²) >= 11 is 6.01. The van der Waals surface area contributed by atoms with Crippen LogP contribution in [0.1, 0.15) is 19.4 Å². The van der Waals surface area contributed by atoms with Crippen LogP contribution in [0.5, 0.6) is 0 Å². The van der Waals surface area contributed by atoms with Crippen LogP contribution in [-0.4, -0.2) is 34.6 Å². The van der Waals surface area contributed by atoms with E-state index in [1.54, 1.807) is 17.0 Å². The number of likely N-dealkylation sites (tertiary alicyclic amines) is 1. The normalized spacial score (nSPS) is 17.8. The van der Waals surface area contributed by atoms with Gasteiger partial charge in [0.2, 0.25) is 5.91 Å². The summed E-state index contributed by atoms with van der Waals surface area (Å²) in [5, 5.41) is 10.7. The largest absolute Gasteiger partial charge is 0.386 e. The number of hydrogen-bond acceptors (Lipinski definition) is 2. The van der Waals surface area contributed by atoms with Crippen molar-refractivity contribution in [1.82, 2.24) is 4.90 Å². The molecular formula is C15H18ClNO2. The highest BCUT2D eigenvalue weighted by molar-refractivity contribution is 6.32. The highest BCUT2D eigenvalue weighted by atomic mass is 35.5. The average molecular weight is 280 g/mol. The molecule has 0 unspecified atom stereocenters. The van der Waals surface area contributed by atoms with Gasteiger partial charge in [0.1, 0.15) is 5.60 Å². The molecule has 0 bridgehead atoms. The summed E-state index contributed by atoms with van der Waals surface area (Å²) in [7, 11) is 0. The van der Waals surface area contributed by atoms with Gasteiger partial charge in [0.15, 0.2) is 0 Å². The average Bonchev–Trinajstić information content (AvgIpc) is 2.33. The van der Waals surface area contributed by atoms with Gasteiger partial charge in [-0.25, -0.2) is 0 Å². The van der Waals surface area contributed by atoms with E-state index >= 15 is 0 Å². The molecule has 2 rings (SSSR count). The summed E-state index contributed by atoms with van der Waals surface area (Å²) in [6.07, 6.45) is 3.21. The van der Waals surface area contributed by atoms with Crippen molar-refractivity contribution in [3.05, 3.63) is 40.9 Å². The second-order valence-corrected chi connectivity index (χ2v) is 5.71. The molecule has 1 aliphatic rings. The molecule has 1 heterocycles. The quantitative estimate of drug-likeness (QED) is 0.864. The lowest BCUT2D eigenvalue weighted by Gasteiger charge is -2.48. The molecule has 0 radical (unpaired) electrons. The minimum Gasteiger partial charge on any atom is -0.386 e. The van der Waals surface area contributed by atoms with Gasteiger partial charge in [0.25, 0.3) is 0 Å². The number of benzene rings is 1. The highest BCUT2D eigenvalue weighted by Gasteiger charge is 2.45. The van der Waals surface area contributed by atoms with Gasteiger partial charge in [-0.05, 0) is 23.6 Å². The first-order valence-electron chi connectivity index (χ1n) is 6.36. The predicted molar refractivity (Wildman–Crippen MR) is 76.9 cm³/mol. The number of amides is 1. The molecule has 0 spiro atoms. The summed E-state index contributed by atoms with van der Waals surface area (Å²) < 4.78 is 0. The van der Waals surface area contributed by atoms with Crippen molar-refractivity contribution in [3.63, 3.8) is 0 Å². The molecule has 4 heteroatoms. The van der Waals surface area contributed by atoms with Crippen LogP contribution >= 0.6 is 11.6 Å². The van der Waals surface area contributed by atoms with E-state index in [0.717, 1.165) is 5.56 Å². The molecule has 3 nitrogen and oxygen atoms in total. The fourth-order valence-corrected chi connectivity index (χ4v) is 2.21. The Labute approximate surface area is 118 Å². The lowest BCUT2D eigenvalue weighted by Crippen LogP contribution is -2.65. The first kappa shape index (κ1) is 14.1. The van der Waals surface area contributed by atoms with E-state index in [0.29, 0.717) is 18.1 Å². The van der Waals surface area contributed by atoms with E-state index in [2.05, 4.69) is 0 Å². The number of nitrogens with zero attached hydrogens (tertiary/aromatic N) is 1. The molecule has 0 aromatic heterocycles. The molecule has 19 heavy (non-hydrogen) atoms. The molecule has 1 aliphatic heterocycles. The van der Waals surface area contributed by atoms with Crippen LogP contribution in [0.3, 0.4) is 0 Å². The first-order chi connectivity index (χ1) is 8.92. The molecule has 1 amide bonds. The van der Waals surface area contributed by atoms with Crippen LogP contribution in [-0.2, 0) is 4.79 Å². The maximum absolute atomic E-state index is 11.9. The molecule has 1 N–H and O–H groups in total. The van der Waals surface area contributed by atoms with Gasteiger partial charge < -0.3 is 10.0 Å². The van der Waals surface area contributed by atoms with Gasteiger partial charge in [0, 0.05) is 11.1 Å². The van der Waals surface area contributed by atoms with Crippen molar-refractivity contribution < 1.29 is 9.90 Å². The molecule has 0 atom stereocenters. The molecule has 1 aromatic rings. The van der Waals surface area contributed by atoms with Crippen LogP contribution in [0.15, 0.2) is 30.3 Å². The fourth-order valence-electron chi connectivity index (χ4n) is 2.01. The maximum Gasteiger partial charge on any atom is 0.246 e. The van der Waals surface area contributed by atoms with E-state index in [1.807, 2.05) is 32.0 Å². The summed E-state index contributed by atoms with van der Waals surface area (Å²) in [5.74, 6) is 0.0642. The second-order valence-electron chi connectivity index (χ2n) is 5.31. The minimum absolute atomic E-state index is 0.0924. The summed E-state index contributed by atoms with van der Waals surface area (Å²) in [6, 6.07) is 7.36. The number of rotatable bonds is 3. The van der Waals surface area contributed by atoms with Gasteiger partial charge >= 0.3 is 0 Å². The number of hydrogen-bond donors (Lipinski definition) is 1. The zero-order valence-electron chi connectivity index (χ0n) is 11.1. The lowest BCUT2D eigenvalue weighted by atomic mass is 9.83. The first-order valence-corrected chi connectivity index (χ1v) is 6.74. The van der Waals surface area contributed by atoms with Crippen LogP contribution in [0, 0.1) is 5.92 Å². The van der Waals surface area contributed by atoms with Crippen molar-refractivity contribution in [2.75, 3.05) is 13.1 Å². The van der Waals surface area contributed by atoms with Crippen LogP contribution in [0.4, 0.5) is 0 Å². The van der Waals surface area contributed by atoms with Crippen molar-refractivity contribution in [2.45, 2.75) is 19.4 Å². The van der Waals surface area contributed by atoms with E-state index in [4.69, 9.17) is 11.6 Å². The standard InChI is InChI=1S/C15H18ClNO2/c1-11(2)15(19)9-17(10-15)14(18)8-7-12-5-3-4-6-13(12)16/h3-8,11,19H,9-10H2,1-2H3. The van der Waals surface area contributed by atoms with E-state index < -0.39 is 5.60 Å². The summed E-state index contributed by atoms with van der Waals surface area (Å²) in [6.45, 7) is 4.72. The Morgan fingerprint density at radius 1 is 1.42 bits per heavy atom. The topological polar surface area (TPSA) is 40.5 Å². The number of carbonyl (C=O) groups excluding carboxylic acids is 1. The van der Waals surface area contributed by atoms with Gasteiger partial charge in [-0.15, -0.1) is 0 Å². The molecule has 1 aromatic carbocycles.